The monoisotopic (exact) mass is 741 g/mol. The molecule has 0 fully saturated rings. The van der Waals surface area contributed by atoms with Crippen LogP contribution in [0.15, 0.2) is 206 Å². The van der Waals surface area contributed by atoms with Crippen molar-refractivity contribution in [2.75, 3.05) is 11.9 Å². The van der Waals surface area contributed by atoms with Gasteiger partial charge in [0.25, 0.3) is 0 Å². The van der Waals surface area contributed by atoms with Gasteiger partial charge >= 0.3 is 0 Å². The number of nitrogens with zero attached hydrogens (tertiary/aromatic N) is 3. The van der Waals surface area contributed by atoms with Crippen LogP contribution in [0.3, 0.4) is 0 Å². The van der Waals surface area contributed by atoms with Crippen LogP contribution in [0.1, 0.15) is 11.1 Å². The number of aromatic nitrogens is 2. The van der Waals surface area contributed by atoms with Gasteiger partial charge in [-0.2, -0.15) is 0 Å². The van der Waals surface area contributed by atoms with E-state index in [1.54, 1.807) is 0 Å². The molecule has 0 saturated heterocycles. The second-order valence-corrected chi connectivity index (χ2v) is 15.2. The molecular formula is C55H39N3. The summed E-state index contributed by atoms with van der Waals surface area (Å²) >= 11 is 0. The van der Waals surface area contributed by atoms with Crippen LogP contribution < -0.4 is 4.90 Å². The third kappa shape index (κ3) is 5.63. The van der Waals surface area contributed by atoms with Gasteiger partial charge in [-0.25, -0.2) is 4.98 Å². The Labute approximate surface area is 338 Å². The van der Waals surface area contributed by atoms with Crippen LogP contribution in [0.4, 0.5) is 11.4 Å². The Bertz CT molecular complexity index is 3070. The van der Waals surface area contributed by atoms with Crippen molar-refractivity contribution in [3.8, 4) is 61.6 Å². The smallest absolute Gasteiger partial charge is 0.0715 e. The maximum absolute atomic E-state index is 5.24. The molecule has 1 aliphatic rings. The summed E-state index contributed by atoms with van der Waals surface area (Å²) in [5.74, 6) is 0. The molecule has 274 valence electrons. The van der Waals surface area contributed by atoms with E-state index >= 15 is 0 Å². The Hall–Kier alpha value is -7.49. The molecule has 3 heteroatoms. The van der Waals surface area contributed by atoms with Crippen LogP contribution >= 0.6 is 0 Å². The predicted molar refractivity (Wildman–Crippen MR) is 243 cm³/mol. The third-order valence-corrected chi connectivity index (χ3v) is 11.8. The van der Waals surface area contributed by atoms with Gasteiger partial charge in [0.2, 0.25) is 0 Å². The number of hydrogen-bond acceptors (Lipinski definition) is 2. The Morgan fingerprint density at radius 1 is 0.466 bits per heavy atom. The third-order valence-electron chi connectivity index (χ3n) is 11.8. The van der Waals surface area contributed by atoms with Crippen molar-refractivity contribution in [3.05, 3.63) is 217 Å². The van der Waals surface area contributed by atoms with Gasteiger partial charge in [-0.3, -0.25) is 0 Å². The van der Waals surface area contributed by atoms with E-state index in [0.717, 1.165) is 45.9 Å². The minimum Gasteiger partial charge on any atom is -0.344 e. The zero-order valence-corrected chi connectivity index (χ0v) is 32.2. The zero-order chi connectivity index (χ0) is 38.6. The highest BCUT2D eigenvalue weighted by Gasteiger charge is 2.28. The summed E-state index contributed by atoms with van der Waals surface area (Å²) in [6, 6.07) is 74.4. The summed E-state index contributed by atoms with van der Waals surface area (Å²) < 4.78 is 2.51. The minimum atomic E-state index is 0.890. The van der Waals surface area contributed by atoms with E-state index in [9.17, 15) is 0 Å². The summed E-state index contributed by atoms with van der Waals surface area (Å²) in [5.41, 5.74) is 20.2. The molecule has 0 spiro atoms. The molecule has 2 aromatic heterocycles. The zero-order valence-electron chi connectivity index (χ0n) is 32.2. The van der Waals surface area contributed by atoms with Crippen LogP contribution in [0.5, 0.6) is 0 Å². The van der Waals surface area contributed by atoms with Gasteiger partial charge in [-0.1, -0.05) is 152 Å². The van der Waals surface area contributed by atoms with Gasteiger partial charge in [-0.15, -0.1) is 0 Å². The summed E-state index contributed by atoms with van der Waals surface area (Å²) in [5, 5.41) is 2.53. The molecule has 58 heavy (non-hydrogen) atoms. The number of pyridine rings is 1. The predicted octanol–water partition coefficient (Wildman–Crippen LogP) is 14.2. The minimum absolute atomic E-state index is 0.890. The fourth-order valence-electron chi connectivity index (χ4n) is 9.06. The first-order valence-electron chi connectivity index (χ1n) is 20.0. The van der Waals surface area contributed by atoms with Gasteiger partial charge in [-0.05, 0) is 93.5 Å². The molecule has 11 rings (SSSR count). The average molecular weight is 742 g/mol. The molecule has 10 aromatic rings. The average Bonchev–Trinajstić information content (AvgIpc) is 3.86. The SMILES string of the molecule is CN(c1ccccc1)c1ccccc1-c1cc2c(c3c1c1ccccc1n3-c1ccc(-c3cc(-c4ccccc4)cc(-c4ccccc4)n3)cc1)Cc1ccccc1-2. The molecule has 0 bridgehead atoms. The molecule has 0 N–H and O–H groups in total. The van der Waals surface area contributed by atoms with Crippen molar-refractivity contribution < 1.29 is 0 Å². The van der Waals surface area contributed by atoms with E-state index in [-0.39, 0.29) is 0 Å². The molecule has 8 aromatic carbocycles. The second kappa shape index (κ2) is 13.9. The first-order chi connectivity index (χ1) is 28.7. The number of hydrogen-bond donors (Lipinski definition) is 0. The number of benzene rings is 8. The molecule has 1 aliphatic carbocycles. The number of fused-ring (bicyclic) bond motifs is 7. The van der Waals surface area contributed by atoms with Gasteiger partial charge in [0.05, 0.1) is 22.4 Å². The van der Waals surface area contributed by atoms with Crippen molar-refractivity contribution in [1.82, 2.24) is 9.55 Å². The van der Waals surface area contributed by atoms with E-state index in [1.165, 1.54) is 66.4 Å². The molecular weight excluding hydrogens is 703 g/mol. The summed E-state index contributed by atoms with van der Waals surface area (Å²) in [4.78, 5) is 7.55. The second-order valence-electron chi connectivity index (χ2n) is 15.2. The maximum Gasteiger partial charge on any atom is 0.0715 e. The standard InChI is InChI=1S/C55H39N3/c1-57(42-22-9-4-10-23-42)52-27-15-13-25-45(52)48-36-47-44-24-12-11-21-40(44)33-49(47)55-54(48)46-26-14-16-28-53(46)58(55)43-31-29-39(30-32-43)51-35-41(37-17-5-2-6-18-37)34-50(56-51)38-19-7-3-8-20-38/h2-32,34-36H,33H2,1H3. The van der Waals surface area contributed by atoms with E-state index in [0.29, 0.717) is 0 Å². The molecule has 0 aliphatic heterocycles. The Morgan fingerprint density at radius 3 is 1.79 bits per heavy atom. The first-order valence-corrected chi connectivity index (χ1v) is 20.0. The largest absolute Gasteiger partial charge is 0.344 e. The van der Waals surface area contributed by atoms with Crippen LogP contribution in [0, 0.1) is 0 Å². The van der Waals surface area contributed by atoms with Crippen LogP contribution in [-0.2, 0) is 6.42 Å². The van der Waals surface area contributed by atoms with Crippen LogP contribution in [-0.4, -0.2) is 16.6 Å². The summed E-state index contributed by atoms with van der Waals surface area (Å²) in [7, 11) is 2.17. The van der Waals surface area contributed by atoms with Crippen molar-refractivity contribution in [2.45, 2.75) is 6.42 Å². The lowest BCUT2D eigenvalue weighted by Gasteiger charge is -2.24. The first kappa shape index (κ1) is 33.8. The fourth-order valence-corrected chi connectivity index (χ4v) is 9.06. The van der Waals surface area contributed by atoms with Crippen molar-refractivity contribution in [3.63, 3.8) is 0 Å². The quantitative estimate of drug-likeness (QED) is 0.162. The lowest BCUT2D eigenvalue weighted by molar-refractivity contribution is 1.15. The Balaban J connectivity index is 1.13. The van der Waals surface area contributed by atoms with Crippen LogP contribution in [0.25, 0.3) is 83.4 Å². The Morgan fingerprint density at radius 2 is 1.05 bits per heavy atom. The van der Waals surface area contributed by atoms with Gasteiger partial charge in [0.15, 0.2) is 0 Å². The van der Waals surface area contributed by atoms with Gasteiger partial charge < -0.3 is 9.47 Å². The number of para-hydroxylation sites is 3. The van der Waals surface area contributed by atoms with E-state index < -0.39 is 0 Å². The number of anilines is 2. The highest BCUT2D eigenvalue weighted by molar-refractivity contribution is 6.19. The lowest BCUT2D eigenvalue weighted by atomic mass is 9.92. The fraction of sp³-hybridized carbons (Fsp3) is 0.0364. The highest BCUT2D eigenvalue weighted by Crippen LogP contribution is 2.50. The van der Waals surface area contributed by atoms with Crippen molar-refractivity contribution >= 4 is 33.2 Å². The van der Waals surface area contributed by atoms with E-state index in [2.05, 4.69) is 223 Å². The Kier molecular flexibility index (Phi) is 8.11. The molecule has 0 saturated carbocycles. The van der Waals surface area contributed by atoms with E-state index in [4.69, 9.17) is 4.98 Å². The topological polar surface area (TPSA) is 21.1 Å². The molecule has 3 nitrogen and oxygen atoms in total. The number of rotatable bonds is 7. The molecule has 0 amide bonds. The van der Waals surface area contributed by atoms with Gasteiger partial charge in [0, 0.05) is 58.0 Å². The maximum atomic E-state index is 5.24. The van der Waals surface area contributed by atoms with E-state index in [1.807, 2.05) is 0 Å². The summed E-state index contributed by atoms with van der Waals surface area (Å²) in [6.07, 6.45) is 0.890. The van der Waals surface area contributed by atoms with Gasteiger partial charge in [0.1, 0.15) is 0 Å². The van der Waals surface area contributed by atoms with Crippen LogP contribution in [0.2, 0.25) is 0 Å². The van der Waals surface area contributed by atoms with Crippen molar-refractivity contribution in [1.29, 1.82) is 0 Å². The van der Waals surface area contributed by atoms with Crippen molar-refractivity contribution in [2.24, 2.45) is 0 Å². The summed E-state index contributed by atoms with van der Waals surface area (Å²) in [6.45, 7) is 0. The lowest BCUT2D eigenvalue weighted by Crippen LogP contribution is -2.10. The molecule has 0 radical (unpaired) electrons. The normalized spacial score (nSPS) is 11.8. The highest BCUT2D eigenvalue weighted by atomic mass is 15.1. The molecule has 0 atom stereocenters. The molecule has 0 unspecified atom stereocenters. The molecule has 2 heterocycles.